The van der Waals surface area contributed by atoms with Crippen molar-refractivity contribution < 1.29 is 23.4 Å². The molecule has 3 aliphatic heterocycles. The van der Waals surface area contributed by atoms with Crippen molar-refractivity contribution in [2.24, 2.45) is 5.92 Å². The first-order valence-corrected chi connectivity index (χ1v) is 13.3. The minimum Gasteiger partial charge on any atom is -0.378 e. The highest BCUT2D eigenvalue weighted by atomic mass is 19.1. The molecule has 39 heavy (non-hydrogen) atoms. The first-order valence-electron chi connectivity index (χ1n) is 13.3. The summed E-state index contributed by atoms with van der Waals surface area (Å²) in [5, 5.41) is 18.0. The number of hydrogen-bond acceptors (Lipinski definition) is 9. The maximum atomic E-state index is 15.1. The first kappa shape index (κ1) is 26.0. The maximum Gasteiger partial charge on any atom is 0.261 e. The molecular formula is C26H32F2N8O3. The Morgan fingerprint density at radius 2 is 1.85 bits per heavy atom. The average Bonchev–Trinajstić information content (AvgIpc) is 3.23. The second-order valence-electron chi connectivity index (χ2n) is 10.5. The van der Waals surface area contributed by atoms with E-state index in [0.29, 0.717) is 37.7 Å². The number of carbonyl (C=O) groups is 1. The molecule has 11 nitrogen and oxygen atoms in total. The molecule has 3 aromatic rings. The molecule has 0 bridgehead atoms. The van der Waals surface area contributed by atoms with Gasteiger partial charge in [0.05, 0.1) is 55.4 Å². The predicted octanol–water partition coefficient (Wildman–Crippen LogP) is 1.51. The van der Waals surface area contributed by atoms with Crippen LogP contribution in [0.15, 0.2) is 24.8 Å². The Kier molecular flexibility index (Phi) is 7.14. The SMILES string of the molecule is Cc1nn2cc(F)cnc2c1C(=O)Nc1cncc(F)c1N1CCC(C(O)N2CCN(C3COC3)CC2)CC1. The molecular weight excluding hydrogens is 510 g/mol. The molecule has 0 aliphatic carbocycles. The summed E-state index contributed by atoms with van der Waals surface area (Å²) in [6.45, 7) is 7.76. The van der Waals surface area contributed by atoms with Crippen molar-refractivity contribution in [2.75, 3.05) is 62.7 Å². The zero-order valence-corrected chi connectivity index (χ0v) is 21.8. The van der Waals surface area contributed by atoms with Gasteiger partial charge in [-0.15, -0.1) is 0 Å². The number of aromatic nitrogens is 4. The fourth-order valence-electron chi connectivity index (χ4n) is 5.83. The molecule has 1 unspecified atom stereocenters. The highest BCUT2D eigenvalue weighted by molar-refractivity contribution is 6.10. The Morgan fingerprint density at radius 3 is 2.54 bits per heavy atom. The van der Waals surface area contributed by atoms with Crippen LogP contribution >= 0.6 is 0 Å². The zero-order valence-electron chi connectivity index (χ0n) is 21.8. The summed E-state index contributed by atoms with van der Waals surface area (Å²) in [7, 11) is 0. The number of pyridine rings is 1. The molecule has 3 fully saturated rings. The van der Waals surface area contributed by atoms with Crippen LogP contribution in [0.3, 0.4) is 0 Å². The maximum absolute atomic E-state index is 15.1. The highest BCUT2D eigenvalue weighted by Gasteiger charge is 2.35. The molecule has 6 heterocycles. The summed E-state index contributed by atoms with van der Waals surface area (Å²) in [6, 6.07) is 0.508. The van der Waals surface area contributed by atoms with E-state index < -0.39 is 23.8 Å². The lowest BCUT2D eigenvalue weighted by molar-refractivity contribution is -0.107. The van der Waals surface area contributed by atoms with Crippen LogP contribution in [0.1, 0.15) is 28.9 Å². The molecule has 13 heteroatoms. The number of amides is 1. The minimum absolute atomic E-state index is 0.0793. The third kappa shape index (κ3) is 5.07. The predicted molar refractivity (Wildman–Crippen MR) is 139 cm³/mol. The number of nitrogens with zero attached hydrogens (tertiary/aromatic N) is 7. The summed E-state index contributed by atoms with van der Waals surface area (Å²) < 4.78 is 35.2. The number of aliphatic hydroxyl groups is 1. The monoisotopic (exact) mass is 542 g/mol. The fraction of sp³-hybridized carbons (Fsp3) is 0.538. The summed E-state index contributed by atoms with van der Waals surface area (Å²) >= 11 is 0. The van der Waals surface area contributed by atoms with Crippen LogP contribution in [0.25, 0.3) is 5.65 Å². The molecule has 0 radical (unpaired) electrons. The van der Waals surface area contributed by atoms with Crippen molar-refractivity contribution in [3.05, 3.63) is 47.7 Å². The molecule has 0 aromatic carbocycles. The van der Waals surface area contributed by atoms with Gasteiger partial charge in [0.1, 0.15) is 17.5 Å². The molecule has 3 saturated heterocycles. The van der Waals surface area contributed by atoms with Crippen LogP contribution in [0.4, 0.5) is 20.2 Å². The standard InChI is InChI=1S/C26H32F2N8O3/c1-16-22(24-30-10-18(27)13-36(24)32-16)25(37)31-21-12-29-11-20(28)23(21)34-4-2-17(3-5-34)26(38)35-8-6-33(7-9-35)19-14-39-15-19/h10-13,17,19,26,38H,2-9,14-15H2,1H3,(H,31,37). The van der Waals surface area contributed by atoms with Gasteiger partial charge in [-0.3, -0.25) is 19.6 Å². The lowest BCUT2D eigenvalue weighted by Gasteiger charge is -2.46. The van der Waals surface area contributed by atoms with Gasteiger partial charge in [-0.2, -0.15) is 5.10 Å². The number of fused-ring (bicyclic) bond motifs is 1. The number of piperidine rings is 1. The van der Waals surface area contributed by atoms with Crippen molar-refractivity contribution >= 4 is 22.9 Å². The summed E-state index contributed by atoms with van der Waals surface area (Å²) in [5.41, 5.74) is 1.24. The number of hydrogen-bond donors (Lipinski definition) is 2. The number of rotatable bonds is 6. The summed E-state index contributed by atoms with van der Waals surface area (Å²) in [4.78, 5) is 27.6. The number of aryl methyl sites for hydroxylation is 1. The van der Waals surface area contributed by atoms with E-state index in [1.807, 2.05) is 4.90 Å². The lowest BCUT2D eigenvalue weighted by Crippen LogP contribution is -2.59. The molecule has 208 valence electrons. The number of piperazine rings is 1. The minimum atomic E-state index is -0.576. The number of aliphatic hydroxyl groups excluding tert-OH is 1. The summed E-state index contributed by atoms with van der Waals surface area (Å²) in [6.07, 6.45) is 5.55. The molecule has 6 rings (SSSR count). The van der Waals surface area contributed by atoms with Crippen LogP contribution in [0.5, 0.6) is 0 Å². The van der Waals surface area contributed by atoms with Crippen molar-refractivity contribution in [2.45, 2.75) is 32.0 Å². The van der Waals surface area contributed by atoms with E-state index >= 15 is 4.39 Å². The van der Waals surface area contributed by atoms with Gasteiger partial charge in [-0.25, -0.2) is 18.3 Å². The smallest absolute Gasteiger partial charge is 0.261 e. The second kappa shape index (κ2) is 10.7. The number of ether oxygens (including phenoxy) is 1. The van der Waals surface area contributed by atoms with Gasteiger partial charge in [0, 0.05) is 45.2 Å². The van der Waals surface area contributed by atoms with Gasteiger partial charge in [0.15, 0.2) is 17.3 Å². The number of nitrogens with one attached hydrogen (secondary N) is 1. The molecule has 3 aromatic heterocycles. The lowest BCUT2D eigenvalue weighted by atomic mass is 9.93. The van der Waals surface area contributed by atoms with Gasteiger partial charge in [0.25, 0.3) is 5.91 Å². The molecule has 3 aliphatic rings. The van der Waals surface area contributed by atoms with Crippen molar-refractivity contribution in [3.63, 3.8) is 0 Å². The number of halogens is 2. The van der Waals surface area contributed by atoms with E-state index in [1.165, 1.54) is 10.7 Å². The van der Waals surface area contributed by atoms with Crippen LogP contribution in [-0.2, 0) is 4.74 Å². The van der Waals surface area contributed by atoms with Crippen LogP contribution in [0, 0.1) is 24.5 Å². The van der Waals surface area contributed by atoms with Gasteiger partial charge in [-0.1, -0.05) is 0 Å². The van der Waals surface area contributed by atoms with E-state index in [0.717, 1.165) is 58.0 Å². The Balaban J connectivity index is 1.12. The molecule has 1 atom stereocenters. The Bertz CT molecular complexity index is 1350. The normalized spacial score (nSPS) is 20.8. The van der Waals surface area contributed by atoms with Gasteiger partial charge < -0.3 is 20.1 Å². The quantitative estimate of drug-likeness (QED) is 0.479. The zero-order chi connectivity index (χ0) is 27.1. The molecule has 2 N–H and O–H groups in total. The van der Waals surface area contributed by atoms with E-state index in [4.69, 9.17) is 4.74 Å². The molecule has 1 amide bonds. The van der Waals surface area contributed by atoms with Crippen LogP contribution in [-0.4, -0.2) is 105 Å². The van der Waals surface area contributed by atoms with Crippen molar-refractivity contribution in [1.82, 2.24) is 29.4 Å². The van der Waals surface area contributed by atoms with Gasteiger partial charge >= 0.3 is 0 Å². The Morgan fingerprint density at radius 1 is 1.10 bits per heavy atom. The second-order valence-corrected chi connectivity index (χ2v) is 10.5. The third-order valence-corrected chi connectivity index (χ3v) is 8.10. The molecule has 0 saturated carbocycles. The van der Waals surface area contributed by atoms with Crippen LogP contribution < -0.4 is 10.2 Å². The Labute approximate surface area is 224 Å². The van der Waals surface area contributed by atoms with Crippen molar-refractivity contribution in [1.29, 1.82) is 0 Å². The number of carbonyl (C=O) groups excluding carboxylic acids is 1. The van der Waals surface area contributed by atoms with Crippen LogP contribution in [0.2, 0.25) is 0 Å². The summed E-state index contributed by atoms with van der Waals surface area (Å²) in [5.74, 6) is -1.57. The average molecular weight is 543 g/mol. The molecule has 0 spiro atoms. The van der Waals surface area contributed by atoms with Gasteiger partial charge in [0.2, 0.25) is 0 Å². The third-order valence-electron chi connectivity index (χ3n) is 8.10. The largest absolute Gasteiger partial charge is 0.378 e. The topological polar surface area (TPSA) is 111 Å². The first-order chi connectivity index (χ1) is 18.9. The van der Waals surface area contributed by atoms with E-state index in [-0.39, 0.29) is 28.5 Å². The fourth-order valence-corrected chi connectivity index (χ4v) is 5.83. The Hall–Kier alpha value is -3.26. The van der Waals surface area contributed by atoms with E-state index in [9.17, 15) is 14.3 Å². The highest BCUT2D eigenvalue weighted by Crippen LogP contribution is 2.34. The van der Waals surface area contributed by atoms with E-state index in [2.05, 4.69) is 30.2 Å². The van der Waals surface area contributed by atoms with E-state index in [1.54, 1.807) is 6.92 Å². The van der Waals surface area contributed by atoms with Gasteiger partial charge in [-0.05, 0) is 19.8 Å². The number of anilines is 2. The van der Waals surface area contributed by atoms with Crippen molar-refractivity contribution in [3.8, 4) is 0 Å².